The minimum Gasteiger partial charge on any atom is -0.342 e. The molecule has 1 aromatic carbocycles. The molecule has 0 atom stereocenters. The van der Waals surface area contributed by atoms with Crippen molar-refractivity contribution in [1.29, 1.82) is 0 Å². The highest BCUT2D eigenvalue weighted by Crippen LogP contribution is 2.32. The molecule has 0 spiro atoms. The number of hydrogen-bond acceptors (Lipinski definition) is 3. The van der Waals surface area contributed by atoms with E-state index >= 15 is 0 Å². The second-order valence-electron chi connectivity index (χ2n) is 7.57. The van der Waals surface area contributed by atoms with Gasteiger partial charge in [-0.25, -0.2) is 13.6 Å². The molecule has 1 saturated heterocycles. The van der Waals surface area contributed by atoms with Crippen LogP contribution in [0.5, 0.6) is 0 Å². The Kier molecular flexibility index (Phi) is 6.52. The molecule has 1 aliphatic heterocycles. The van der Waals surface area contributed by atoms with Gasteiger partial charge in [-0.2, -0.15) is 0 Å². The van der Waals surface area contributed by atoms with Crippen molar-refractivity contribution in [2.45, 2.75) is 32.7 Å². The number of rotatable bonds is 4. The van der Waals surface area contributed by atoms with Gasteiger partial charge in [-0.15, -0.1) is 11.3 Å². The summed E-state index contributed by atoms with van der Waals surface area (Å²) >= 11 is 1.26. The van der Waals surface area contributed by atoms with Gasteiger partial charge in [-0.3, -0.25) is 10.1 Å². The predicted molar refractivity (Wildman–Crippen MR) is 111 cm³/mol. The van der Waals surface area contributed by atoms with Crippen LogP contribution in [0.25, 0.3) is 10.4 Å². The number of likely N-dealkylation sites (tertiary alicyclic amines) is 1. The topological polar surface area (TPSA) is 52.7 Å². The first-order chi connectivity index (χ1) is 13.7. The average Bonchev–Trinajstić information content (AvgIpc) is 3.14. The van der Waals surface area contributed by atoms with Crippen LogP contribution >= 0.6 is 11.3 Å². The molecule has 3 rings (SSSR count). The molecule has 0 aliphatic carbocycles. The SMILES string of the molecule is CC(C)C(=O)N1CCC(N(C)C(=O)Nc2ccc(-c3cc(F)cc(F)c3)s2)CC1. The molecule has 5 nitrogen and oxygen atoms in total. The molecular formula is C21H25F2N3O2S. The molecule has 29 heavy (non-hydrogen) atoms. The van der Waals surface area contributed by atoms with E-state index in [0.717, 1.165) is 18.9 Å². The van der Waals surface area contributed by atoms with Crippen LogP contribution in [0.1, 0.15) is 26.7 Å². The fourth-order valence-corrected chi connectivity index (χ4v) is 4.34. The lowest BCUT2D eigenvalue weighted by atomic mass is 10.0. The Bertz CT molecular complexity index is 872. The number of halogens is 2. The van der Waals surface area contributed by atoms with Gasteiger partial charge in [0.2, 0.25) is 5.91 Å². The molecule has 0 bridgehead atoms. The van der Waals surface area contributed by atoms with Crippen molar-refractivity contribution >= 4 is 28.3 Å². The molecule has 0 radical (unpaired) electrons. The smallest absolute Gasteiger partial charge is 0.322 e. The van der Waals surface area contributed by atoms with Crippen LogP contribution in [-0.4, -0.2) is 47.9 Å². The van der Waals surface area contributed by atoms with Crippen LogP contribution in [0.15, 0.2) is 30.3 Å². The van der Waals surface area contributed by atoms with E-state index in [0.29, 0.717) is 28.5 Å². The first kappa shape index (κ1) is 21.2. The Labute approximate surface area is 173 Å². The molecular weight excluding hydrogens is 396 g/mol. The monoisotopic (exact) mass is 421 g/mol. The third-order valence-corrected chi connectivity index (χ3v) is 6.17. The van der Waals surface area contributed by atoms with Gasteiger partial charge >= 0.3 is 6.03 Å². The quantitative estimate of drug-likeness (QED) is 0.771. The summed E-state index contributed by atoms with van der Waals surface area (Å²) in [5.74, 6) is -1.15. The zero-order valence-electron chi connectivity index (χ0n) is 16.7. The molecule has 2 aromatic rings. The Morgan fingerprint density at radius 3 is 2.34 bits per heavy atom. The van der Waals surface area contributed by atoms with E-state index in [-0.39, 0.29) is 23.9 Å². The number of amides is 3. The Morgan fingerprint density at radius 2 is 1.76 bits per heavy atom. The molecule has 1 N–H and O–H groups in total. The lowest BCUT2D eigenvalue weighted by molar-refractivity contribution is -0.135. The van der Waals surface area contributed by atoms with Gasteiger partial charge in [-0.1, -0.05) is 13.8 Å². The number of nitrogens with one attached hydrogen (secondary N) is 1. The number of nitrogens with zero attached hydrogens (tertiary/aromatic N) is 2. The van der Waals surface area contributed by atoms with Gasteiger partial charge in [-0.05, 0) is 42.7 Å². The van der Waals surface area contributed by atoms with Crippen LogP contribution in [0.4, 0.5) is 18.6 Å². The van der Waals surface area contributed by atoms with E-state index in [1.807, 2.05) is 18.7 Å². The maximum Gasteiger partial charge on any atom is 0.322 e. The van der Waals surface area contributed by atoms with Gasteiger partial charge in [0.15, 0.2) is 0 Å². The van der Waals surface area contributed by atoms with Crippen LogP contribution in [0, 0.1) is 17.6 Å². The summed E-state index contributed by atoms with van der Waals surface area (Å²) < 4.78 is 26.9. The summed E-state index contributed by atoms with van der Waals surface area (Å²) in [6.07, 6.45) is 1.47. The standard InChI is InChI=1S/C21H25F2N3O2S/c1-13(2)20(27)26-8-6-17(7-9-26)25(3)21(28)24-19-5-4-18(29-19)14-10-15(22)12-16(23)11-14/h4-5,10-13,17H,6-9H2,1-3H3,(H,24,28). The summed E-state index contributed by atoms with van der Waals surface area (Å²) in [4.78, 5) is 28.9. The summed E-state index contributed by atoms with van der Waals surface area (Å²) in [6.45, 7) is 5.07. The van der Waals surface area contributed by atoms with E-state index in [1.54, 1.807) is 24.1 Å². The zero-order chi connectivity index (χ0) is 21.1. The maximum absolute atomic E-state index is 13.4. The average molecular weight is 422 g/mol. The molecule has 8 heteroatoms. The number of anilines is 1. The van der Waals surface area contributed by atoms with Crippen LogP contribution in [0.2, 0.25) is 0 Å². The van der Waals surface area contributed by atoms with E-state index in [1.165, 1.54) is 23.5 Å². The zero-order valence-corrected chi connectivity index (χ0v) is 17.6. The summed E-state index contributed by atoms with van der Waals surface area (Å²) in [7, 11) is 1.75. The van der Waals surface area contributed by atoms with Crippen molar-refractivity contribution in [3.05, 3.63) is 42.0 Å². The number of piperidine rings is 1. The van der Waals surface area contributed by atoms with Gasteiger partial charge in [0.25, 0.3) is 0 Å². The van der Waals surface area contributed by atoms with Gasteiger partial charge in [0.05, 0.1) is 5.00 Å². The van der Waals surface area contributed by atoms with Crippen molar-refractivity contribution in [3.63, 3.8) is 0 Å². The Morgan fingerprint density at radius 1 is 1.14 bits per heavy atom. The summed E-state index contributed by atoms with van der Waals surface area (Å²) in [5.41, 5.74) is 0.434. The van der Waals surface area contributed by atoms with Crippen LogP contribution in [0.3, 0.4) is 0 Å². The van der Waals surface area contributed by atoms with Crippen molar-refractivity contribution in [3.8, 4) is 10.4 Å². The fraction of sp³-hybridized carbons (Fsp3) is 0.429. The Balaban J connectivity index is 1.58. The number of carbonyl (C=O) groups is 2. The highest BCUT2D eigenvalue weighted by atomic mass is 32.1. The number of urea groups is 1. The highest BCUT2D eigenvalue weighted by molar-refractivity contribution is 7.19. The number of carbonyl (C=O) groups excluding carboxylic acids is 2. The number of hydrogen-bond donors (Lipinski definition) is 1. The lowest BCUT2D eigenvalue weighted by Crippen LogP contribution is -2.49. The van der Waals surface area contributed by atoms with E-state index in [2.05, 4.69) is 5.32 Å². The van der Waals surface area contributed by atoms with Gasteiger partial charge < -0.3 is 9.80 Å². The minimum absolute atomic E-state index is 0.0211. The van der Waals surface area contributed by atoms with E-state index in [4.69, 9.17) is 0 Å². The highest BCUT2D eigenvalue weighted by Gasteiger charge is 2.28. The lowest BCUT2D eigenvalue weighted by Gasteiger charge is -2.37. The molecule has 0 unspecified atom stereocenters. The largest absolute Gasteiger partial charge is 0.342 e. The molecule has 1 aromatic heterocycles. The second kappa shape index (κ2) is 8.90. The van der Waals surface area contributed by atoms with Crippen molar-refractivity contribution in [1.82, 2.24) is 9.80 Å². The first-order valence-electron chi connectivity index (χ1n) is 9.63. The molecule has 2 heterocycles. The second-order valence-corrected chi connectivity index (χ2v) is 8.66. The van der Waals surface area contributed by atoms with Gasteiger partial charge in [0, 0.05) is 43.0 Å². The van der Waals surface area contributed by atoms with Crippen LogP contribution in [-0.2, 0) is 4.79 Å². The summed E-state index contributed by atoms with van der Waals surface area (Å²) in [6, 6.07) is 6.62. The number of thiophene rings is 1. The maximum atomic E-state index is 13.4. The fourth-order valence-electron chi connectivity index (χ4n) is 3.45. The Hall–Kier alpha value is -2.48. The van der Waals surface area contributed by atoms with Crippen molar-refractivity contribution in [2.24, 2.45) is 5.92 Å². The van der Waals surface area contributed by atoms with Gasteiger partial charge in [0.1, 0.15) is 11.6 Å². The molecule has 1 fully saturated rings. The predicted octanol–water partition coefficient (Wildman–Crippen LogP) is 4.80. The third-order valence-electron chi connectivity index (χ3n) is 5.12. The summed E-state index contributed by atoms with van der Waals surface area (Å²) in [5, 5.41) is 3.45. The van der Waals surface area contributed by atoms with E-state index < -0.39 is 11.6 Å². The van der Waals surface area contributed by atoms with Crippen molar-refractivity contribution in [2.75, 3.05) is 25.5 Å². The molecule has 1 aliphatic rings. The van der Waals surface area contributed by atoms with Crippen LogP contribution < -0.4 is 5.32 Å². The molecule has 3 amide bonds. The number of benzene rings is 1. The molecule has 156 valence electrons. The normalized spacial score (nSPS) is 14.9. The third kappa shape index (κ3) is 5.12. The molecule has 0 saturated carbocycles. The van der Waals surface area contributed by atoms with Crippen molar-refractivity contribution < 1.29 is 18.4 Å². The minimum atomic E-state index is -0.638. The first-order valence-corrected chi connectivity index (χ1v) is 10.4. The van der Waals surface area contributed by atoms with E-state index in [9.17, 15) is 18.4 Å².